The topological polar surface area (TPSA) is 67.4 Å². The van der Waals surface area contributed by atoms with Crippen molar-refractivity contribution in [2.75, 3.05) is 25.6 Å². The van der Waals surface area contributed by atoms with Crippen molar-refractivity contribution in [1.29, 1.82) is 0 Å². The van der Waals surface area contributed by atoms with E-state index in [9.17, 15) is 9.59 Å². The Morgan fingerprint density at radius 2 is 1.60 bits per heavy atom. The molecule has 1 aliphatic carbocycles. The normalized spacial score (nSPS) is 20.1. The summed E-state index contributed by atoms with van der Waals surface area (Å²) in [7, 11) is 1.64. The number of methoxy groups -OCH3 is 1. The van der Waals surface area contributed by atoms with Gasteiger partial charge in [-0.15, -0.1) is 0 Å². The summed E-state index contributed by atoms with van der Waals surface area (Å²) < 4.78 is 4.96. The fourth-order valence-corrected chi connectivity index (χ4v) is 3.59. The molecule has 0 heterocycles. The zero-order valence-electron chi connectivity index (χ0n) is 14.3. The predicted octanol–water partition coefficient (Wildman–Crippen LogP) is 3.89. The van der Waals surface area contributed by atoms with Gasteiger partial charge < -0.3 is 15.4 Å². The molecule has 138 valence electrons. The Labute approximate surface area is 158 Å². The van der Waals surface area contributed by atoms with Gasteiger partial charge in [0, 0.05) is 47.8 Å². The van der Waals surface area contributed by atoms with Crippen molar-refractivity contribution >= 4 is 40.7 Å². The molecule has 0 unspecified atom stereocenters. The average Bonchev–Trinajstić information content (AvgIpc) is 2.57. The van der Waals surface area contributed by atoms with E-state index in [1.807, 2.05) is 0 Å². The lowest BCUT2D eigenvalue weighted by molar-refractivity contribution is -0.128. The van der Waals surface area contributed by atoms with Crippen LogP contribution in [0.2, 0.25) is 10.0 Å². The van der Waals surface area contributed by atoms with Gasteiger partial charge >= 0.3 is 0 Å². The number of hydrogen-bond acceptors (Lipinski definition) is 3. The SMILES string of the molecule is COCCCNC(=O)C1CCC(C(=O)Nc2cc(Cl)cc(Cl)c2)CC1. The summed E-state index contributed by atoms with van der Waals surface area (Å²) in [5.74, 6) is -0.0589. The molecule has 0 bridgehead atoms. The van der Waals surface area contributed by atoms with E-state index >= 15 is 0 Å². The summed E-state index contributed by atoms with van der Waals surface area (Å²) >= 11 is 11.9. The maximum Gasteiger partial charge on any atom is 0.227 e. The molecular weight excluding hydrogens is 363 g/mol. The lowest BCUT2D eigenvalue weighted by Gasteiger charge is -2.27. The minimum absolute atomic E-state index is 0.00721. The minimum atomic E-state index is -0.0877. The fourth-order valence-electron chi connectivity index (χ4n) is 3.06. The van der Waals surface area contributed by atoms with Crippen molar-refractivity contribution in [2.24, 2.45) is 11.8 Å². The third-order valence-corrected chi connectivity index (χ3v) is 4.86. The molecule has 1 saturated carbocycles. The van der Waals surface area contributed by atoms with Crippen LogP contribution in [0, 0.1) is 11.8 Å². The van der Waals surface area contributed by atoms with E-state index in [2.05, 4.69) is 10.6 Å². The van der Waals surface area contributed by atoms with Crippen molar-refractivity contribution in [3.63, 3.8) is 0 Å². The van der Waals surface area contributed by atoms with Crippen LogP contribution in [0.25, 0.3) is 0 Å². The first-order valence-electron chi connectivity index (χ1n) is 8.53. The van der Waals surface area contributed by atoms with E-state index in [0.29, 0.717) is 41.7 Å². The molecule has 2 rings (SSSR count). The highest BCUT2D eigenvalue weighted by Gasteiger charge is 2.29. The summed E-state index contributed by atoms with van der Waals surface area (Å²) in [5, 5.41) is 6.76. The Morgan fingerprint density at radius 3 is 2.16 bits per heavy atom. The molecule has 0 atom stereocenters. The second-order valence-corrected chi connectivity index (χ2v) is 7.21. The van der Waals surface area contributed by atoms with Gasteiger partial charge in [0.25, 0.3) is 0 Å². The molecule has 1 aromatic rings. The quantitative estimate of drug-likeness (QED) is 0.698. The highest BCUT2D eigenvalue weighted by Crippen LogP contribution is 2.30. The van der Waals surface area contributed by atoms with Crippen LogP contribution in [0.3, 0.4) is 0 Å². The molecule has 1 fully saturated rings. The first kappa shape index (κ1) is 20.0. The molecule has 1 aliphatic rings. The van der Waals surface area contributed by atoms with Crippen LogP contribution in [0.4, 0.5) is 5.69 Å². The van der Waals surface area contributed by atoms with Gasteiger partial charge in [0.15, 0.2) is 0 Å². The van der Waals surface area contributed by atoms with Crippen LogP contribution in [-0.4, -0.2) is 32.1 Å². The Bertz CT molecular complexity index is 582. The number of amides is 2. The smallest absolute Gasteiger partial charge is 0.227 e. The van der Waals surface area contributed by atoms with Crippen molar-refractivity contribution in [1.82, 2.24) is 5.32 Å². The van der Waals surface area contributed by atoms with E-state index in [1.165, 1.54) is 0 Å². The molecule has 0 aromatic heterocycles. The molecule has 0 saturated heterocycles. The zero-order chi connectivity index (χ0) is 18.2. The second kappa shape index (κ2) is 10.00. The first-order valence-corrected chi connectivity index (χ1v) is 9.29. The number of carbonyl (C=O) groups excluding carboxylic acids is 2. The fraction of sp³-hybridized carbons (Fsp3) is 0.556. The monoisotopic (exact) mass is 386 g/mol. The number of halogens is 2. The van der Waals surface area contributed by atoms with Crippen molar-refractivity contribution in [3.05, 3.63) is 28.2 Å². The number of carbonyl (C=O) groups is 2. The predicted molar refractivity (Wildman–Crippen MR) is 100 cm³/mol. The maximum absolute atomic E-state index is 12.4. The van der Waals surface area contributed by atoms with Crippen molar-refractivity contribution < 1.29 is 14.3 Å². The van der Waals surface area contributed by atoms with E-state index in [1.54, 1.807) is 25.3 Å². The second-order valence-electron chi connectivity index (χ2n) is 6.33. The van der Waals surface area contributed by atoms with Crippen LogP contribution >= 0.6 is 23.2 Å². The van der Waals surface area contributed by atoms with Crippen molar-refractivity contribution in [2.45, 2.75) is 32.1 Å². The number of rotatable bonds is 7. The Kier molecular flexibility index (Phi) is 8.00. The summed E-state index contributed by atoms with van der Waals surface area (Å²) in [4.78, 5) is 24.5. The van der Waals surface area contributed by atoms with Gasteiger partial charge in [-0.1, -0.05) is 23.2 Å². The Hall–Kier alpha value is -1.30. The molecule has 7 heteroatoms. The third-order valence-electron chi connectivity index (χ3n) is 4.42. The van der Waals surface area contributed by atoms with Crippen LogP contribution in [-0.2, 0) is 14.3 Å². The maximum atomic E-state index is 12.4. The minimum Gasteiger partial charge on any atom is -0.385 e. The molecule has 0 spiro atoms. The van der Waals surface area contributed by atoms with Gasteiger partial charge in [-0.3, -0.25) is 9.59 Å². The van der Waals surface area contributed by atoms with E-state index in [4.69, 9.17) is 27.9 Å². The van der Waals surface area contributed by atoms with Gasteiger partial charge in [-0.2, -0.15) is 0 Å². The zero-order valence-corrected chi connectivity index (χ0v) is 15.8. The summed E-state index contributed by atoms with van der Waals surface area (Å²) in [6, 6.07) is 4.96. The van der Waals surface area contributed by atoms with Crippen molar-refractivity contribution in [3.8, 4) is 0 Å². The molecular formula is C18H24Cl2N2O3. The lowest BCUT2D eigenvalue weighted by atomic mass is 9.81. The largest absolute Gasteiger partial charge is 0.385 e. The van der Waals surface area contributed by atoms with E-state index < -0.39 is 0 Å². The third kappa shape index (κ3) is 6.49. The molecule has 1 aromatic carbocycles. The van der Waals surface area contributed by atoms with Gasteiger partial charge in [-0.25, -0.2) is 0 Å². The number of ether oxygens (including phenoxy) is 1. The number of benzene rings is 1. The van der Waals surface area contributed by atoms with Gasteiger partial charge in [0.1, 0.15) is 0 Å². The lowest BCUT2D eigenvalue weighted by Crippen LogP contribution is -2.36. The number of nitrogens with one attached hydrogen (secondary N) is 2. The standard InChI is InChI=1S/C18H24Cl2N2O3/c1-25-8-2-7-21-17(23)12-3-5-13(6-4-12)18(24)22-16-10-14(19)9-15(20)11-16/h9-13H,2-8H2,1H3,(H,21,23)(H,22,24). The molecule has 2 N–H and O–H groups in total. The molecule has 0 radical (unpaired) electrons. The number of hydrogen-bond donors (Lipinski definition) is 2. The van der Waals surface area contributed by atoms with Gasteiger partial charge in [0.2, 0.25) is 11.8 Å². The highest BCUT2D eigenvalue weighted by molar-refractivity contribution is 6.35. The molecule has 0 aliphatic heterocycles. The van der Waals surface area contributed by atoms with Crippen LogP contribution in [0.15, 0.2) is 18.2 Å². The summed E-state index contributed by atoms with van der Waals surface area (Å²) in [5.41, 5.74) is 0.598. The van der Waals surface area contributed by atoms with Crippen LogP contribution in [0.1, 0.15) is 32.1 Å². The summed E-state index contributed by atoms with van der Waals surface area (Å²) in [6.07, 6.45) is 3.67. The summed E-state index contributed by atoms with van der Waals surface area (Å²) in [6.45, 7) is 1.27. The van der Waals surface area contributed by atoms with Gasteiger partial charge in [-0.05, 0) is 50.3 Å². The van der Waals surface area contributed by atoms with Gasteiger partial charge in [0.05, 0.1) is 0 Å². The molecule has 5 nitrogen and oxygen atoms in total. The molecule has 25 heavy (non-hydrogen) atoms. The van der Waals surface area contributed by atoms with Crippen LogP contribution in [0.5, 0.6) is 0 Å². The highest BCUT2D eigenvalue weighted by atomic mass is 35.5. The first-order chi connectivity index (χ1) is 12.0. The Balaban J connectivity index is 1.77. The molecule has 2 amide bonds. The van der Waals surface area contributed by atoms with E-state index in [0.717, 1.165) is 19.3 Å². The van der Waals surface area contributed by atoms with E-state index in [-0.39, 0.29) is 23.7 Å². The number of anilines is 1. The Morgan fingerprint density at radius 1 is 1.04 bits per heavy atom. The average molecular weight is 387 g/mol. The van der Waals surface area contributed by atoms with Crippen LogP contribution < -0.4 is 10.6 Å².